The summed E-state index contributed by atoms with van der Waals surface area (Å²) >= 11 is 0. The lowest BCUT2D eigenvalue weighted by molar-refractivity contribution is 0.0921. The Morgan fingerprint density at radius 3 is 2.81 bits per heavy atom. The minimum absolute atomic E-state index is 0.103. The van der Waals surface area contributed by atoms with Crippen LogP contribution in [-0.2, 0) is 0 Å². The van der Waals surface area contributed by atoms with Gasteiger partial charge >= 0.3 is 0 Å². The molecule has 0 aliphatic carbocycles. The van der Waals surface area contributed by atoms with Crippen LogP contribution in [0.1, 0.15) is 48.8 Å². The molecule has 1 saturated heterocycles. The smallest absolute Gasteiger partial charge is 0.255 e. The number of hydrogen-bond acceptors (Lipinski definition) is 6. The van der Waals surface area contributed by atoms with Crippen LogP contribution in [0.15, 0.2) is 30.6 Å². The Bertz CT molecular complexity index is 1140. The van der Waals surface area contributed by atoms with Crippen LogP contribution in [0.4, 0.5) is 10.1 Å². The fourth-order valence-electron chi connectivity index (χ4n) is 3.58. The van der Waals surface area contributed by atoms with Crippen LogP contribution in [0.3, 0.4) is 0 Å². The van der Waals surface area contributed by atoms with E-state index >= 15 is 0 Å². The minimum Gasteiger partial charge on any atom is -0.380 e. The number of halogens is 1. The number of aromatic amines is 1. The largest absolute Gasteiger partial charge is 0.380 e. The number of H-pyrrole nitrogens is 1. The average Bonchev–Trinajstić information content (AvgIpc) is 3.35. The number of nitrogens with one attached hydrogen (secondary N) is 5. The average molecular weight is 423 g/mol. The van der Waals surface area contributed by atoms with Gasteiger partial charge in [0.05, 0.1) is 17.5 Å². The van der Waals surface area contributed by atoms with Gasteiger partial charge in [0.1, 0.15) is 17.0 Å². The van der Waals surface area contributed by atoms with Crippen LogP contribution in [0.25, 0.3) is 11.2 Å². The van der Waals surface area contributed by atoms with Crippen molar-refractivity contribution >= 4 is 28.5 Å². The first-order chi connectivity index (χ1) is 14.7. The van der Waals surface area contributed by atoms with Gasteiger partial charge < -0.3 is 20.9 Å². The van der Waals surface area contributed by atoms with Crippen molar-refractivity contribution in [2.45, 2.75) is 38.8 Å². The molecule has 3 aromatic rings. The van der Waals surface area contributed by atoms with Crippen molar-refractivity contribution < 1.29 is 9.18 Å². The van der Waals surface area contributed by atoms with Crippen molar-refractivity contribution in [3.63, 3.8) is 0 Å². The van der Waals surface area contributed by atoms with E-state index in [2.05, 4.69) is 30.9 Å². The summed E-state index contributed by atoms with van der Waals surface area (Å²) in [5.74, 6) is -0.645. The van der Waals surface area contributed by atoms with Gasteiger partial charge in [-0.15, -0.1) is 0 Å². The Labute approximate surface area is 179 Å². The van der Waals surface area contributed by atoms with Gasteiger partial charge in [-0.2, -0.15) is 0 Å². The van der Waals surface area contributed by atoms with Crippen molar-refractivity contribution in [2.75, 3.05) is 18.4 Å². The van der Waals surface area contributed by atoms with E-state index in [1.807, 2.05) is 20.8 Å². The molecule has 31 heavy (non-hydrogen) atoms. The number of rotatable bonds is 5. The standard InChI is InChI=1S/C22H26FN7O/c1-22(2,3)30-21(31)15-10-26-20-19(15)29-17(11-27-20)18(24)14-5-4-12(23)8-16(14)28-13-6-7-25-9-13/h4-5,8,10-11,13,24-25,28H,6-7,9H2,1-3H3,(H,26,27)(H,30,31). The maximum Gasteiger partial charge on any atom is 0.255 e. The van der Waals surface area contributed by atoms with Crippen LogP contribution in [0, 0.1) is 11.2 Å². The molecule has 2 aromatic heterocycles. The molecule has 0 bridgehead atoms. The first-order valence-electron chi connectivity index (χ1n) is 10.2. The van der Waals surface area contributed by atoms with E-state index in [1.54, 1.807) is 12.3 Å². The van der Waals surface area contributed by atoms with Gasteiger partial charge in [0, 0.05) is 35.6 Å². The van der Waals surface area contributed by atoms with Gasteiger partial charge in [0.15, 0.2) is 5.65 Å². The number of amides is 1. The van der Waals surface area contributed by atoms with Crippen LogP contribution < -0.4 is 16.0 Å². The number of hydrogen-bond donors (Lipinski definition) is 5. The van der Waals surface area contributed by atoms with E-state index in [0.717, 1.165) is 19.5 Å². The third kappa shape index (κ3) is 4.56. The molecule has 0 radical (unpaired) electrons. The van der Waals surface area contributed by atoms with Crippen molar-refractivity contribution in [1.82, 2.24) is 25.6 Å². The monoisotopic (exact) mass is 423 g/mol. The molecule has 8 nitrogen and oxygen atoms in total. The van der Waals surface area contributed by atoms with E-state index < -0.39 is 5.54 Å². The van der Waals surface area contributed by atoms with Crippen LogP contribution in [0.2, 0.25) is 0 Å². The fourth-order valence-corrected chi connectivity index (χ4v) is 3.58. The topological polar surface area (TPSA) is 119 Å². The number of carbonyl (C=O) groups excluding carboxylic acids is 1. The maximum absolute atomic E-state index is 13.9. The van der Waals surface area contributed by atoms with Gasteiger partial charge in [-0.05, 0) is 51.9 Å². The zero-order chi connectivity index (χ0) is 22.2. The molecule has 0 spiro atoms. The second-order valence-corrected chi connectivity index (χ2v) is 8.76. The lowest BCUT2D eigenvalue weighted by Gasteiger charge is -2.20. The molecule has 9 heteroatoms. The van der Waals surface area contributed by atoms with Gasteiger partial charge in [0.25, 0.3) is 5.91 Å². The minimum atomic E-state index is -0.401. The molecule has 1 aromatic carbocycles. The molecular weight excluding hydrogens is 397 g/mol. The summed E-state index contributed by atoms with van der Waals surface area (Å²) in [5.41, 5.74) is 2.29. The number of anilines is 1. The van der Waals surface area contributed by atoms with Gasteiger partial charge in [-0.25, -0.2) is 14.4 Å². The Balaban J connectivity index is 1.68. The number of aromatic nitrogens is 3. The fraction of sp³-hybridized carbons (Fsp3) is 0.364. The van der Waals surface area contributed by atoms with Crippen LogP contribution >= 0.6 is 0 Å². The molecule has 1 unspecified atom stereocenters. The molecule has 162 valence electrons. The molecule has 4 rings (SSSR count). The second-order valence-electron chi connectivity index (χ2n) is 8.76. The molecule has 1 aliphatic rings. The SMILES string of the molecule is CC(C)(C)NC(=O)c1c[nH]c2ncc(C(=N)c3ccc(F)cc3NC3CCNC3)nc12. The zero-order valence-electron chi connectivity index (χ0n) is 17.8. The molecule has 1 amide bonds. The maximum atomic E-state index is 13.9. The molecule has 1 atom stereocenters. The number of benzene rings is 1. The predicted octanol–water partition coefficient (Wildman–Crippen LogP) is 2.82. The molecule has 1 aliphatic heterocycles. The third-order valence-electron chi connectivity index (χ3n) is 5.04. The summed E-state index contributed by atoms with van der Waals surface area (Å²) in [6.07, 6.45) is 3.97. The van der Waals surface area contributed by atoms with E-state index in [-0.39, 0.29) is 23.5 Å². The highest BCUT2D eigenvalue weighted by Crippen LogP contribution is 2.23. The molecule has 5 N–H and O–H groups in total. The van der Waals surface area contributed by atoms with Crippen molar-refractivity contribution in [1.29, 1.82) is 5.41 Å². The predicted molar refractivity (Wildman–Crippen MR) is 118 cm³/mol. The Morgan fingerprint density at radius 2 is 2.10 bits per heavy atom. The lowest BCUT2D eigenvalue weighted by atomic mass is 10.0. The molecule has 0 saturated carbocycles. The lowest BCUT2D eigenvalue weighted by Crippen LogP contribution is -2.40. The normalized spacial score (nSPS) is 16.5. The van der Waals surface area contributed by atoms with E-state index in [4.69, 9.17) is 5.41 Å². The first kappa shape index (κ1) is 20.9. The Morgan fingerprint density at radius 1 is 1.29 bits per heavy atom. The van der Waals surface area contributed by atoms with Crippen molar-refractivity contribution in [2.24, 2.45) is 0 Å². The van der Waals surface area contributed by atoms with Crippen molar-refractivity contribution in [3.8, 4) is 0 Å². The van der Waals surface area contributed by atoms with Gasteiger partial charge in [0.2, 0.25) is 0 Å². The van der Waals surface area contributed by atoms with Gasteiger partial charge in [-0.3, -0.25) is 10.2 Å². The van der Waals surface area contributed by atoms with E-state index in [0.29, 0.717) is 33.7 Å². The zero-order valence-corrected chi connectivity index (χ0v) is 17.8. The second kappa shape index (κ2) is 8.07. The number of carbonyl (C=O) groups is 1. The van der Waals surface area contributed by atoms with Crippen LogP contribution in [-0.4, -0.2) is 51.2 Å². The highest BCUT2D eigenvalue weighted by molar-refractivity contribution is 6.14. The van der Waals surface area contributed by atoms with Crippen molar-refractivity contribution in [3.05, 3.63) is 53.2 Å². The Kier molecular flexibility index (Phi) is 5.45. The molecule has 1 fully saturated rings. The highest BCUT2D eigenvalue weighted by Gasteiger charge is 2.22. The summed E-state index contributed by atoms with van der Waals surface area (Å²) in [5, 5.41) is 18.2. The third-order valence-corrected chi connectivity index (χ3v) is 5.04. The number of nitrogens with zero attached hydrogens (tertiary/aromatic N) is 2. The summed E-state index contributed by atoms with van der Waals surface area (Å²) in [7, 11) is 0. The quantitative estimate of drug-likeness (QED) is 0.405. The van der Waals surface area contributed by atoms with Gasteiger partial charge in [-0.1, -0.05) is 0 Å². The summed E-state index contributed by atoms with van der Waals surface area (Å²) in [6, 6.07) is 4.46. The Hall–Kier alpha value is -3.33. The van der Waals surface area contributed by atoms with Crippen LogP contribution in [0.5, 0.6) is 0 Å². The molecular formula is C22H26FN7O. The highest BCUT2D eigenvalue weighted by atomic mass is 19.1. The first-order valence-corrected chi connectivity index (χ1v) is 10.2. The summed E-state index contributed by atoms with van der Waals surface area (Å²) < 4.78 is 13.9. The summed E-state index contributed by atoms with van der Waals surface area (Å²) in [6.45, 7) is 7.37. The summed E-state index contributed by atoms with van der Waals surface area (Å²) in [4.78, 5) is 24.5. The molecule has 3 heterocycles. The van der Waals surface area contributed by atoms with E-state index in [9.17, 15) is 9.18 Å². The number of fused-ring (bicyclic) bond motifs is 1. The van der Waals surface area contributed by atoms with E-state index in [1.165, 1.54) is 18.3 Å².